The summed E-state index contributed by atoms with van der Waals surface area (Å²) in [6.07, 6.45) is -1.15. The zero-order valence-corrected chi connectivity index (χ0v) is 18.1. The van der Waals surface area contributed by atoms with Gasteiger partial charge in [0.05, 0.1) is 17.6 Å². The third-order valence-corrected chi connectivity index (χ3v) is 5.88. The molecule has 0 aliphatic heterocycles. The van der Waals surface area contributed by atoms with Gasteiger partial charge in [0.1, 0.15) is 11.6 Å². The van der Waals surface area contributed by atoms with Crippen molar-refractivity contribution in [3.63, 3.8) is 0 Å². The molecule has 3 aromatic rings. The number of hydrogen-bond donors (Lipinski definition) is 1. The highest BCUT2D eigenvalue weighted by Crippen LogP contribution is 2.20. The molecule has 32 heavy (non-hydrogen) atoms. The number of carbonyl (C=O) groups is 2. The summed E-state index contributed by atoms with van der Waals surface area (Å²) in [6.45, 7) is 1.38. The lowest BCUT2D eigenvalue weighted by atomic mass is 10.1. The van der Waals surface area contributed by atoms with Crippen molar-refractivity contribution in [2.24, 2.45) is 0 Å². The van der Waals surface area contributed by atoms with E-state index in [2.05, 4.69) is 4.72 Å². The summed E-state index contributed by atoms with van der Waals surface area (Å²) in [5.41, 5.74) is 0.463. The fourth-order valence-corrected chi connectivity index (χ4v) is 3.90. The second-order valence-electron chi connectivity index (χ2n) is 6.78. The second kappa shape index (κ2) is 9.61. The fraction of sp³-hybridized carbons (Fsp3) is 0.130. The summed E-state index contributed by atoms with van der Waals surface area (Å²) < 4.78 is 51.1. The normalized spacial score (nSPS) is 12.0. The molecular formula is C23H20FNO6S. The molecule has 0 aromatic heterocycles. The average molecular weight is 457 g/mol. The van der Waals surface area contributed by atoms with E-state index in [1.165, 1.54) is 56.5 Å². The summed E-state index contributed by atoms with van der Waals surface area (Å²) in [4.78, 5) is 24.7. The van der Waals surface area contributed by atoms with Crippen molar-refractivity contribution in [1.29, 1.82) is 0 Å². The van der Waals surface area contributed by atoms with Gasteiger partial charge in [-0.1, -0.05) is 6.07 Å². The van der Waals surface area contributed by atoms with Crippen LogP contribution in [0.3, 0.4) is 0 Å². The van der Waals surface area contributed by atoms with Crippen LogP contribution in [0.4, 0.5) is 10.1 Å². The zero-order chi connectivity index (χ0) is 23.3. The van der Waals surface area contributed by atoms with E-state index in [0.717, 1.165) is 18.2 Å². The third-order valence-electron chi connectivity index (χ3n) is 4.50. The average Bonchev–Trinajstić information content (AvgIpc) is 2.79. The molecule has 3 aromatic carbocycles. The number of carbonyl (C=O) groups excluding carboxylic acids is 2. The van der Waals surface area contributed by atoms with Gasteiger partial charge >= 0.3 is 5.97 Å². The van der Waals surface area contributed by atoms with E-state index < -0.39 is 33.7 Å². The number of Topliss-reactive ketones (excluding diaryl/α,β-unsaturated/α-hetero) is 1. The molecule has 0 aliphatic rings. The van der Waals surface area contributed by atoms with Crippen molar-refractivity contribution in [1.82, 2.24) is 0 Å². The predicted molar refractivity (Wildman–Crippen MR) is 116 cm³/mol. The maximum Gasteiger partial charge on any atom is 0.338 e. The number of anilines is 1. The minimum absolute atomic E-state index is 0.0404. The van der Waals surface area contributed by atoms with Gasteiger partial charge in [0.25, 0.3) is 10.0 Å². The predicted octanol–water partition coefficient (Wildman–Crippen LogP) is 4.06. The van der Waals surface area contributed by atoms with E-state index in [1.807, 2.05) is 0 Å². The van der Waals surface area contributed by atoms with Gasteiger partial charge in [-0.05, 0) is 73.7 Å². The highest BCUT2D eigenvalue weighted by molar-refractivity contribution is 7.92. The van der Waals surface area contributed by atoms with E-state index in [0.29, 0.717) is 11.4 Å². The number of ketones is 1. The minimum Gasteiger partial charge on any atom is -0.497 e. The SMILES string of the molecule is COc1ccc(NS(=O)(=O)c2cccc(C(=O)OC(C)C(=O)c3ccc(F)cc3)c2)cc1. The second-order valence-corrected chi connectivity index (χ2v) is 8.46. The van der Waals surface area contributed by atoms with Crippen LogP contribution in [0.25, 0.3) is 0 Å². The van der Waals surface area contributed by atoms with Crippen LogP contribution in [0.1, 0.15) is 27.6 Å². The lowest BCUT2D eigenvalue weighted by molar-refractivity contribution is 0.0318. The number of halogens is 1. The minimum atomic E-state index is -3.98. The first kappa shape index (κ1) is 23.0. The van der Waals surface area contributed by atoms with Gasteiger partial charge in [-0.25, -0.2) is 17.6 Å². The van der Waals surface area contributed by atoms with Crippen molar-refractivity contribution < 1.29 is 31.9 Å². The monoisotopic (exact) mass is 457 g/mol. The molecule has 1 atom stereocenters. The molecule has 7 nitrogen and oxygen atoms in total. The Kier molecular flexibility index (Phi) is 6.89. The number of rotatable bonds is 8. The first-order valence-corrected chi connectivity index (χ1v) is 11.0. The van der Waals surface area contributed by atoms with Gasteiger partial charge < -0.3 is 9.47 Å². The number of hydrogen-bond acceptors (Lipinski definition) is 6. The summed E-state index contributed by atoms with van der Waals surface area (Å²) in [5.74, 6) is -1.30. The molecular weight excluding hydrogens is 437 g/mol. The zero-order valence-electron chi connectivity index (χ0n) is 17.2. The summed E-state index contributed by atoms with van der Waals surface area (Å²) in [6, 6.07) is 16.4. The Labute approximate surface area is 184 Å². The summed E-state index contributed by atoms with van der Waals surface area (Å²) in [5, 5.41) is 0. The van der Waals surface area contributed by atoms with Gasteiger partial charge in [-0.15, -0.1) is 0 Å². The van der Waals surface area contributed by atoms with Crippen LogP contribution in [-0.4, -0.2) is 33.4 Å². The van der Waals surface area contributed by atoms with Crippen molar-refractivity contribution in [2.45, 2.75) is 17.9 Å². The highest BCUT2D eigenvalue weighted by Gasteiger charge is 2.22. The Morgan fingerprint density at radius 2 is 1.59 bits per heavy atom. The van der Waals surface area contributed by atoms with Gasteiger partial charge in [0, 0.05) is 11.3 Å². The van der Waals surface area contributed by atoms with Crippen molar-refractivity contribution in [3.05, 3.63) is 89.7 Å². The standard InChI is InChI=1S/C23H20FNO6S/c1-15(22(26)16-6-8-18(24)9-7-16)31-23(27)17-4-3-5-21(14-17)32(28,29)25-19-10-12-20(30-2)13-11-19/h3-15,25H,1-2H3. The van der Waals surface area contributed by atoms with Gasteiger partial charge in [0.15, 0.2) is 6.10 Å². The van der Waals surface area contributed by atoms with Crippen LogP contribution in [-0.2, 0) is 14.8 Å². The highest BCUT2D eigenvalue weighted by atomic mass is 32.2. The quantitative estimate of drug-likeness (QED) is 0.405. The molecule has 3 rings (SSSR count). The fourth-order valence-electron chi connectivity index (χ4n) is 2.79. The largest absolute Gasteiger partial charge is 0.497 e. The summed E-state index contributed by atoms with van der Waals surface area (Å²) >= 11 is 0. The van der Waals surface area contributed by atoms with E-state index in [9.17, 15) is 22.4 Å². The van der Waals surface area contributed by atoms with E-state index >= 15 is 0 Å². The Hall–Kier alpha value is -3.72. The van der Waals surface area contributed by atoms with Crippen LogP contribution in [0.15, 0.2) is 77.7 Å². The third kappa shape index (κ3) is 5.50. The molecule has 0 radical (unpaired) electrons. The molecule has 0 amide bonds. The molecule has 1 N–H and O–H groups in total. The molecule has 0 bridgehead atoms. The molecule has 0 saturated carbocycles. The Morgan fingerprint density at radius 1 is 0.938 bits per heavy atom. The van der Waals surface area contributed by atoms with Crippen LogP contribution in [0.2, 0.25) is 0 Å². The lowest BCUT2D eigenvalue weighted by Crippen LogP contribution is -2.24. The van der Waals surface area contributed by atoms with Crippen LogP contribution in [0.5, 0.6) is 5.75 Å². The number of methoxy groups -OCH3 is 1. The van der Waals surface area contributed by atoms with Gasteiger partial charge in [0.2, 0.25) is 5.78 Å². The van der Waals surface area contributed by atoms with Crippen LogP contribution in [0, 0.1) is 5.82 Å². The smallest absolute Gasteiger partial charge is 0.338 e. The first-order chi connectivity index (χ1) is 15.2. The molecule has 0 saturated heterocycles. The first-order valence-electron chi connectivity index (χ1n) is 9.47. The molecule has 0 aliphatic carbocycles. The van der Waals surface area contributed by atoms with E-state index in [4.69, 9.17) is 9.47 Å². The Morgan fingerprint density at radius 3 is 2.22 bits per heavy atom. The number of nitrogens with one attached hydrogen (secondary N) is 1. The topological polar surface area (TPSA) is 98.8 Å². The Balaban J connectivity index is 1.73. The number of sulfonamides is 1. The molecule has 0 spiro atoms. The maximum absolute atomic E-state index is 13.0. The Bertz CT molecular complexity index is 1220. The van der Waals surface area contributed by atoms with Gasteiger partial charge in [-0.2, -0.15) is 0 Å². The van der Waals surface area contributed by atoms with Crippen molar-refractivity contribution in [2.75, 3.05) is 11.8 Å². The van der Waals surface area contributed by atoms with Crippen LogP contribution >= 0.6 is 0 Å². The van der Waals surface area contributed by atoms with Gasteiger partial charge in [-0.3, -0.25) is 9.52 Å². The number of benzene rings is 3. The van der Waals surface area contributed by atoms with Crippen molar-refractivity contribution in [3.8, 4) is 5.75 Å². The number of ether oxygens (including phenoxy) is 2. The summed E-state index contributed by atoms with van der Waals surface area (Å²) in [7, 11) is -2.48. The molecule has 1 unspecified atom stereocenters. The van der Waals surface area contributed by atoms with Crippen molar-refractivity contribution >= 4 is 27.5 Å². The van der Waals surface area contributed by atoms with Crippen LogP contribution < -0.4 is 9.46 Å². The maximum atomic E-state index is 13.0. The molecule has 166 valence electrons. The molecule has 0 heterocycles. The van der Waals surface area contributed by atoms with E-state index in [1.54, 1.807) is 12.1 Å². The lowest BCUT2D eigenvalue weighted by Gasteiger charge is -2.13. The molecule has 0 fully saturated rings. The molecule has 9 heteroatoms. The number of esters is 1. The van der Waals surface area contributed by atoms with E-state index in [-0.39, 0.29) is 16.0 Å².